The zero-order chi connectivity index (χ0) is 30.7. The summed E-state index contributed by atoms with van der Waals surface area (Å²) in [6, 6.07) is 20.4. The van der Waals surface area contributed by atoms with Crippen LogP contribution in [0.1, 0.15) is 50.6 Å². The fourth-order valence-electron chi connectivity index (χ4n) is 4.80. The number of methoxy groups -OCH3 is 1. The van der Waals surface area contributed by atoms with Gasteiger partial charge in [0.1, 0.15) is 28.7 Å². The van der Waals surface area contributed by atoms with E-state index in [1.807, 2.05) is 31.2 Å². The minimum atomic E-state index is -1.01. The molecule has 1 saturated heterocycles. The van der Waals surface area contributed by atoms with E-state index in [0.717, 1.165) is 22.5 Å². The van der Waals surface area contributed by atoms with Crippen LogP contribution in [0.25, 0.3) is 5.76 Å². The number of carbonyl (C=O) groups excluding carboxylic acids is 3. The number of ketones is 1. The van der Waals surface area contributed by atoms with Crippen LogP contribution in [0.5, 0.6) is 11.5 Å². The van der Waals surface area contributed by atoms with Crippen molar-refractivity contribution in [2.45, 2.75) is 33.4 Å². The van der Waals surface area contributed by atoms with Gasteiger partial charge in [0, 0.05) is 5.56 Å². The van der Waals surface area contributed by atoms with Crippen LogP contribution in [-0.2, 0) is 20.9 Å². The minimum Gasteiger partial charge on any atom is -0.507 e. The van der Waals surface area contributed by atoms with Gasteiger partial charge >= 0.3 is 11.9 Å². The molecule has 1 aliphatic heterocycles. The SMILES string of the molecule is CCOC(=O)c1sc(N2C(=O)C(=O)C(=C(O)c3ccc(OCc4ccccc4C)cc3)C2c2ccc(OC)cc2)nc1C. The summed E-state index contributed by atoms with van der Waals surface area (Å²) in [4.78, 5) is 45.4. The Morgan fingerprint density at radius 2 is 1.65 bits per heavy atom. The van der Waals surface area contributed by atoms with Crippen molar-refractivity contribution in [3.8, 4) is 11.5 Å². The Kier molecular flexibility index (Phi) is 8.58. The lowest BCUT2D eigenvalue weighted by atomic mass is 9.95. The van der Waals surface area contributed by atoms with Gasteiger partial charge in [-0.1, -0.05) is 47.7 Å². The minimum absolute atomic E-state index is 0.103. The molecule has 0 radical (unpaired) electrons. The van der Waals surface area contributed by atoms with E-state index < -0.39 is 23.7 Å². The molecule has 220 valence electrons. The molecule has 4 aromatic rings. The Morgan fingerprint density at radius 1 is 0.977 bits per heavy atom. The van der Waals surface area contributed by atoms with E-state index >= 15 is 0 Å². The first-order valence-electron chi connectivity index (χ1n) is 13.6. The molecule has 0 bridgehead atoms. The molecular formula is C33H30N2O7S. The molecule has 43 heavy (non-hydrogen) atoms. The number of thiazole rings is 1. The third kappa shape index (κ3) is 5.87. The number of hydrogen-bond acceptors (Lipinski definition) is 9. The zero-order valence-corrected chi connectivity index (χ0v) is 24.9. The normalized spacial score (nSPS) is 15.9. The average molecular weight is 599 g/mol. The number of nitrogens with zero attached hydrogens (tertiary/aromatic N) is 2. The Bertz CT molecular complexity index is 1710. The second kappa shape index (κ2) is 12.5. The second-order valence-electron chi connectivity index (χ2n) is 9.81. The Hall–Kier alpha value is -4.96. The van der Waals surface area contributed by atoms with E-state index in [1.165, 1.54) is 12.0 Å². The highest BCUT2D eigenvalue weighted by Crippen LogP contribution is 2.44. The fourth-order valence-corrected chi connectivity index (χ4v) is 5.79. The molecule has 0 saturated carbocycles. The van der Waals surface area contributed by atoms with Crippen LogP contribution in [0.15, 0.2) is 78.4 Å². The van der Waals surface area contributed by atoms with Crippen molar-refractivity contribution in [2.24, 2.45) is 0 Å². The maximum absolute atomic E-state index is 13.5. The van der Waals surface area contributed by atoms with Crippen LogP contribution in [0.3, 0.4) is 0 Å². The third-order valence-corrected chi connectivity index (χ3v) is 8.25. The number of carbonyl (C=O) groups is 3. The second-order valence-corrected chi connectivity index (χ2v) is 10.8. The Morgan fingerprint density at radius 3 is 2.30 bits per heavy atom. The number of anilines is 1. The number of aliphatic hydroxyl groups excluding tert-OH is 1. The number of ether oxygens (including phenoxy) is 3. The van der Waals surface area contributed by atoms with E-state index in [4.69, 9.17) is 14.2 Å². The topological polar surface area (TPSA) is 115 Å². The van der Waals surface area contributed by atoms with Gasteiger partial charge in [-0.2, -0.15) is 0 Å². The van der Waals surface area contributed by atoms with Crippen LogP contribution in [0.2, 0.25) is 0 Å². The number of rotatable bonds is 9. The molecule has 1 aliphatic rings. The summed E-state index contributed by atoms with van der Waals surface area (Å²) in [5, 5.41) is 11.6. The fraction of sp³-hybridized carbons (Fsp3) is 0.212. The van der Waals surface area contributed by atoms with Crippen molar-refractivity contribution in [2.75, 3.05) is 18.6 Å². The summed E-state index contributed by atoms with van der Waals surface area (Å²) in [7, 11) is 1.53. The first-order valence-corrected chi connectivity index (χ1v) is 14.4. The molecule has 1 N–H and O–H groups in total. The molecular weight excluding hydrogens is 568 g/mol. The van der Waals surface area contributed by atoms with Gasteiger partial charge in [0.2, 0.25) is 0 Å². The molecule has 5 rings (SSSR count). The van der Waals surface area contributed by atoms with E-state index in [2.05, 4.69) is 4.98 Å². The molecule has 0 aliphatic carbocycles. The first-order chi connectivity index (χ1) is 20.7. The summed E-state index contributed by atoms with van der Waals surface area (Å²) in [5.41, 5.74) is 3.32. The van der Waals surface area contributed by atoms with Gasteiger partial charge < -0.3 is 19.3 Å². The molecule has 1 atom stereocenters. The summed E-state index contributed by atoms with van der Waals surface area (Å²) >= 11 is 0.955. The summed E-state index contributed by atoms with van der Waals surface area (Å²) in [5.74, 6) is -1.49. The van der Waals surface area contributed by atoms with Crippen LogP contribution in [-0.4, -0.2) is 41.5 Å². The molecule has 2 heterocycles. The standard InChI is InChI=1S/C33H30N2O7S/c1-5-41-32(39)30-20(3)34-33(43-30)35-27(21-10-14-24(40-4)15-11-21)26(29(37)31(35)38)28(36)22-12-16-25(17-13-22)42-18-23-9-7-6-8-19(23)2/h6-17,27,36H,5,18H2,1-4H3. The monoisotopic (exact) mass is 598 g/mol. The number of aryl methyl sites for hydroxylation is 2. The van der Waals surface area contributed by atoms with Gasteiger partial charge in [-0.25, -0.2) is 9.78 Å². The van der Waals surface area contributed by atoms with E-state index in [9.17, 15) is 19.5 Å². The average Bonchev–Trinajstić information content (AvgIpc) is 3.53. The highest BCUT2D eigenvalue weighted by atomic mass is 32.1. The van der Waals surface area contributed by atoms with Crippen molar-refractivity contribution < 1.29 is 33.7 Å². The highest BCUT2D eigenvalue weighted by molar-refractivity contribution is 7.17. The predicted molar refractivity (Wildman–Crippen MR) is 163 cm³/mol. The lowest BCUT2D eigenvalue weighted by Gasteiger charge is -2.23. The number of aromatic nitrogens is 1. The Balaban J connectivity index is 1.53. The maximum Gasteiger partial charge on any atom is 0.350 e. The van der Waals surface area contributed by atoms with Gasteiger partial charge in [0.05, 0.1) is 31.0 Å². The highest BCUT2D eigenvalue weighted by Gasteiger charge is 2.48. The smallest absolute Gasteiger partial charge is 0.350 e. The number of amides is 1. The number of Topliss-reactive ketones (excluding diaryl/α,β-unsaturated/α-hetero) is 1. The lowest BCUT2D eigenvalue weighted by Crippen LogP contribution is -2.29. The van der Waals surface area contributed by atoms with Crippen LogP contribution < -0.4 is 14.4 Å². The molecule has 0 spiro atoms. The number of esters is 1. The van der Waals surface area contributed by atoms with Gasteiger partial charge in [0.15, 0.2) is 5.13 Å². The van der Waals surface area contributed by atoms with Crippen molar-refractivity contribution in [1.82, 2.24) is 4.98 Å². The van der Waals surface area contributed by atoms with Gasteiger partial charge in [-0.15, -0.1) is 0 Å². The number of aliphatic hydroxyl groups is 1. The molecule has 1 fully saturated rings. The third-order valence-electron chi connectivity index (χ3n) is 7.11. The van der Waals surface area contributed by atoms with Gasteiger partial charge in [0.25, 0.3) is 5.78 Å². The zero-order valence-electron chi connectivity index (χ0n) is 24.1. The summed E-state index contributed by atoms with van der Waals surface area (Å²) < 4.78 is 16.3. The van der Waals surface area contributed by atoms with Crippen LogP contribution in [0, 0.1) is 13.8 Å². The van der Waals surface area contributed by atoms with Crippen LogP contribution >= 0.6 is 11.3 Å². The molecule has 1 aromatic heterocycles. The number of benzene rings is 3. The Labute approximate surface area is 253 Å². The number of hydrogen-bond donors (Lipinski definition) is 1. The molecule has 1 amide bonds. The molecule has 9 nitrogen and oxygen atoms in total. The van der Waals surface area contributed by atoms with Gasteiger partial charge in [-0.3, -0.25) is 14.5 Å². The first kappa shape index (κ1) is 29.5. The van der Waals surface area contributed by atoms with Crippen molar-refractivity contribution in [3.63, 3.8) is 0 Å². The summed E-state index contributed by atoms with van der Waals surface area (Å²) in [6.07, 6.45) is 0. The molecule has 1 unspecified atom stereocenters. The molecule has 3 aromatic carbocycles. The summed E-state index contributed by atoms with van der Waals surface area (Å²) in [6.45, 7) is 5.90. The lowest BCUT2D eigenvalue weighted by molar-refractivity contribution is -0.132. The van der Waals surface area contributed by atoms with Crippen molar-refractivity contribution >= 4 is 39.9 Å². The van der Waals surface area contributed by atoms with Crippen LogP contribution in [0.4, 0.5) is 5.13 Å². The van der Waals surface area contributed by atoms with Crippen molar-refractivity contribution in [1.29, 1.82) is 0 Å². The van der Waals surface area contributed by atoms with Gasteiger partial charge in [-0.05, 0) is 73.9 Å². The van der Waals surface area contributed by atoms with E-state index in [-0.39, 0.29) is 27.9 Å². The van der Waals surface area contributed by atoms with Crippen molar-refractivity contribution in [3.05, 3.63) is 111 Å². The van der Waals surface area contributed by atoms with E-state index in [1.54, 1.807) is 62.4 Å². The molecule has 10 heteroatoms. The quantitative estimate of drug-likeness (QED) is 0.106. The van der Waals surface area contributed by atoms with E-state index in [0.29, 0.717) is 34.9 Å². The maximum atomic E-state index is 13.5. The predicted octanol–water partition coefficient (Wildman–Crippen LogP) is 6.15. The largest absolute Gasteiger partial charge is 0.507 e.